The van der Waals surface area contributed by atoms with Crippen LogP contribution in [0.4, 0.5) is 8.78 Å². The molecule has 1 nitrogen and oxygen atoms in total. The van der Waals surface area contributed by atoms with Gasteiger partial charge in [0, 0.05) is 11.1 Å². The summed E-state index contributed by atoms with van der Waals surface area (Å²) in [6, 6.07) is 14.5. The number of aryl methyl sites for hydroxylation is 1. The molecule has 22 heavy (non-hydrogen) atoms. The van der Waals surface area contributed by atoms with Crippen molar-refractivity contribution >= 4 is 0 Å². The second kappa shape index (κ2) is 8.19. The SMILES string of the molecule is CCCCc1ccc(C#Cc2ccc(OC(F)F)cc2)cc1. The minimum atomic E-state index is -2.80. The fourth-order valence-corrected chi connectivity index (χ4v) is 2.00. The third-order valence-corrected chi connectivity index (χ3v) is 3.20. The summed E-state index contributed by atoms with van der Waals surface area (Å²) >= 11 is 0. The van der Waals surface area contributed by atoms with Crippen molar-refractivity contribution in [1.29, 1.82) is 0 Å². The molecule has 0 unspecified atom stereocenters. The molecule has 0 aliphatic heterocycles. The van der Waals surface area contributed by atoms with Crippen LogP contribution in [-0.4, -0.2) is 6.61 Å². The molecule has 0 heterocycles. The van der Waals surface area contributed by atoms with Crippen molar-refractivity contribution in [2.45, 2.75) is 32.8 Å². The van der Waals surface area contributed by atoms with Crippen LogP contribution in [0.1, 0.15) is 36.5 Å². The minimum absolute atomic E-state index is 0.140. The lowest BCUT2D eigenvalue weighted by Crippen LogP contribution is -2.01. The Morgan fingerprint density at radius 1 is 0.909 bits per heavy atom. The summed E-state index contributed by atoms with van der Waals surface area (Å²) < 4.78 is 28.4. The van der Waals surface area contributed by atoms with Gasteiger partial charge in [0.1, 0.15) is 5.75 Å². The van der Waals surface area contributed by atoms with Crippen LogP contribution in [0.25, 0.3) is 0 Å². The minimum Gasteiger partial charge on any atom is -0.435 e. The molecule has 2 aromatic rings. The van der Waals surface area contributed by atoms with Gasteiger partial charge in [0.15, 0.2) is 0 Å². The van der Waals surface area contributed by atoms with Gasteiger partial charge in [0.2, 0.25) is 0 Å². The number of alkyl halides is 2. The average Bonchev–Trinajstić information content (AvgIpc) is 2.53. The smallest absolute Gasteiger partial charge is 0.387 e. The Morgan fingerprint density at radius 2 is 1.45 bits per heavy atom. The topological polar surface area (TPSA) is 9.23 Å². The van der Waals surface area contributed by atoms with Crippen LogP contribution in [0.3, 0.4) is 0 Å². The first kappa shape index (κ1) is 16.0. The predicted octanol–water partition coefficient (Wildman–Crippen LogP) is 5.03. The van der Waals surface area contributed by atoms with Crippen LogP contribution in [0.15, 0.2) is 48.5 Å². The second-order valence-electron chi connectivity index (χ2n) is 4.95. The molecule has 0 radical (unpaired) electrons. The molecule has 0 atom stereocenters. The number of hydrogen-bond acceptors (Lipinski definition) is 1. The first-order chi connectivity index (χ1) is 10.7. The fraction of sp³-hybridized carbons (Fsp3) is 0.263. The van der Waals surface area contributed by atoms with E-state index in [1.165, 1.54) is 30.5 Å². The first-order valence-corrected chi connectivity index (χ1v) is 7.33. The summed E-state index contributed by atoms with van der Waals surface area (Å²) in [5.74, 6) is 6.22. The van der Waals surface area contributed by atoms with E-state index in [1.807, 2.05) is 12.1 Å². The highest BCUT2D eigenvalue weighted by molar-refractivity contribution is 5.44. The second-order valence-corrected chi connectivity index (χ2v) is 4.95. The van der Waals surface area contributed by atoms with Crippen molar-refractivity contribution in [1.82, 2.24) is 0 Å². The monoisotopic (exact) mass is 300 g/mol. The van der Waals surface area contributed by atoms with Gasteiger partial charge in [0.05, 0.1) is 0 Å². The molecule has 2 rings (SSSR count). The van der Waals surface area contributed by atoms with E-state index < -0.39 is 6.61 Å². The average molecular weight is 300 g/mol. The molecule has 0 aromatic heterocycles. The Hall–Kier alpha value is -2.34. The summed E-state index contributed by atoms with van der Waals surface area (Å²) in [6.07, 6.45) is 3.47. The lowest BCUT2D eigenvalue weighted by molar-refractivity contribution is -0.0498. The number of halogens is 2. The van der Waals surface area contributed by atoms with Gasteiger partial charge in [0.25, 0.3) is 0 Å². The Bertz CT molecular complexity index is 634. The quantitative estimate of drug-likeness (QED) is 0.704. The van der Waals surface area contributed by atoms with Crippen LogP contribution in [-0.2, 0) is 6.42 Å². The molecule has 114 valence electrons. The van der Waals surface area contributed by atoms with Crippen molar-refractivity contribution < 1.29 is 13.5 Å². The fourth-order valence-electron chi connectivity index (χ4n) is 2.00. The van der Waals surface area contributed by atoms with E-state index >= 15 is 0 Å². The normalized spacial score (nSPS) is 10.2. The van der Waals surface area contributed by atoms with Gasteiger partial charge >= 0.3 is 6.61 Å². The number of ether oxygens (including phenoxy) is 1. The number of unbranched alkanes of at least 4 members (excludes halogenated alkanes) is 1. The Kier molecular flexibility index (Phi) is 5.97. The summed E-state index contributed by atoms with van der Waals surface area (Å²) in [5, 5.41) is 0. The summed E-state index contributed by atoms with van der Waals surface area (Å²) in [6.45, 7) is -0.625. The predicted molar refractivity (Wildman–Crippen MR) is 84.1 cm³/mol. The molecule has 0 saturated heterocycles. The molecular formula is C19H18F2O. The Balaban J connectivity index is 2.00. The van der Waals surface area contributed by atoms with E-state index in [9.17, 15) is 8.78 Å². The van der Waals surface area contributed by atoms with E-state index in [1.54, 1.807) is 12.1 Å². The van der Waals surface area contributed by atoms with Gasteiger partial charge < -0.3 is 4.74 Å². The number of hydrogen-bond donors (Lipinski definition) is 0. The van der Waals surface area contributed by atoms with Gasteiger partial charge in [-0.15, -0.1) is 0 Å². The molecule has 3 heteroatoms. The number of rotatable bonds is 5. The Morgan fingerprint density at radius 3 is 1.95 bits per heavy atom. The van der Waals surface area contributed by atoms with E-state index in [4.69, 9.17) is 0 Å². The molecule has 0 amide bonds. The highest BCUT2D eigenvalue weighted by atomic mass is 19.3. The van der Waals surface area contributed by atoms with Gasteiger partial charge in [-0.1, -0.05) is 37.3 Å². The van der Waals surface area contributed by atoms with Crippen LogP contribution in [0.5, 0.6) is 5.75 Å². The molecule has 0 saturated carbocycles. The van der Waals surface area contributed by atoms with Crippen LogP contribution >= 0.6 is 0 Å². The highest BCUT2D eigenvalue weighted by Crippen LogP contribution is 2.14. The van der Waals surface area contributed by atoms with Gasteiger partial charge in [-0.3, -0.25) is 0 Å². The van der Waals surface area contributed by atoms with Crippen molar-refractivity contribution in [3.8, 4) is 17.6 Å². The third-order valence-electron chi connectivity index (χ3n) is 3.20. The molecule has 0 spiro atoms. The third kappa shape index (κ3) is 5.21. The summed E-state index contributed by atoms with van der Waals surface area (Å²) in [7, 11) is 0. The van der Waals surface area contributed by atoms with Crippen molar-refractivity contribution in [3.05, 3.63) is 65.2 Å². The van der Waals surface area contributed by atoms with Crippen molar-refractivity contribution in [2.24, 2.45) is 0 Å². The maximum Gasteiger partial charge on any atom is 0.387 e. The summed E-state index contributed by atoms with van der Waals surface area (Å²) in [5.41, 5.74) is 3.02. The van der Waals surface area contributed by atoms with Crippen LogP contribution < -0.4 is 4.74 Å². The molecule has 0 bridgehead atoms. The van der Waals surface area contributed by atoms with Crippen molar-refractivity contribution in [3.63, 3.8) is 0 Å². The van der Waals surface area contributed by atoms with Crippen LogP contribution in [0.2, 0.25) is 0 Å². The molecular weight excluding hydrogens is 282 g/mol. The largest absolute Gasteiger partial charge is 0.435 e. The zero-order valence-electron chi connectivity index (χ0n) is 12.5. The lowest BCUT2D eigenvalue weighted by atomic mass is 10.1. The van der Waals surface area contributed by atoms with E-state index in [0.29, 0.717) is 0 Å². The van der Waals surface area contributed by atoms with E-state index in [-0.39, 0.29) is 5.75 Å². The maximum absolute atomic E-state index is 12.1. The standard InChI is InChI=1S/C19H18F2O/c1-2-3-4-15-5-7-16(8-6-15)9-10-17-11-13-18(14-12-17)22-19(20)21/h5-8,11-14,19H,2-4H2,1H3. The molecule has 0 aliphatic carbocycles. The number of benzene rings is 2. The summed E-state index contributed by atoms with van der Waals surface area (Å²) in [4.78, 5) is 0. The Labute approximate surface area is 129 Å². The zero-order chi connectivity index (χ0) is 15.8. The van der Waals surface area contributed by atoms with Crippen LogP contribution in [0, 0.1) is 11.8 Å². The molecule has 0 aliphatic rings. The molecule has 2 aromatic carbocycles. The van der Waals surface area contributed by atoms with Gasteiger partial charge in [-0.05, 0) is 54.8 Å². The van der Waals surface area contributed by atoms with Gasteiger partial charge in [-0.25, -0.2) is 0 Å². The van der Waals surface area contributed by atoms with E-state index in [2.05, 4.69) is 35.6 Å². The van der Waals surface area contributed by atoms with E-state index in [0.717, 1.165) is 17.5 Å². The lowest BCUT2D eigenvalue weighted by Gasteiger charge is -2.03. The van der Waals surface area contributed by atoms with Gasteiger partial charge in [-0.2, -0.15) is 8.78 Å². The van der Waals surface area contributed by atoms with Crippen molar-refractivity contribution in [2.75, 3.05) is 0 Å². The zero-order valence-corrected chi connectivity index (χ0v) is 12.5. The molecule has 0 fully saturated rings. The molecule has 0 N–H and O–H groups in total. The maximum atomic E-state index is 12.1. The first-order valence-electron chi connectivity index (χ1n) is 7.33. The highest BCUT2D eigenvalue weighted by Gasteiger charge is 2.02.